The van der Waals surface area contributed by atoms with Crippen molar-refractivity contribution in [3.63, 3.8) is 0 Å². The molecular formula is C18H48N2O5Si5. The standard InChI is InChI=1S/C18H48N2O5Si5/c1-11-12-17-29(9,22-26(2,3)4)25-30(10,18-13-15-20-16-14-19)24-28(7,8)23-27(5,6)21/h1,20-21H,11-19H2,2-10H3. The van der Waals surface area contributed by atoms with Gasteiger partial charge in [0, 0.05) is 13.1 Å². The Morgan fingerprint density at radius 2 is 1.30 bits per heavy atom. The Bertz CT molecular complexity index is 491. The van der Waals surface area contributed by atoms with Crippen LogP contribution < -0.4 is 11.1 Å². The fourth-order valence-corrected chi connectivity index (χ4v) is 26.4. The number of rotatable bonds is 17. The zero-order valence-corrected chi connectivity index (χ0v) is 25.9. The minimum atomic E-state index is -2.71. The van der Waals surface area contributed by atoms with Gasteiger partial charge in [-0.3, -0.25) is 0 Å². The van der Waals surface area contributed by atoms with Gasteiger partial charge in [0.25, 0.3) is 0 Å². The second kappa shape index (κ2) is 12.9. The van der Waals surface area contributed by atoms with Crippen LogP contribution in [0.5, 0.6) is 0 Å². The molecule has 0 heterocycles. The number of unbranched alkanes of at least 4 members (excludes halogenated alkanes) is 1. The summed E-state index contributed by atoms with van der Waals surface area (Å²) in [5.74, 6) is 0. The fourth-order valence-electron chi connectivity index (χ4n) is 3.68. The first-order valence-corrected chi connectivity index (χ1v) is 25.2. The highest BCUT2D eigenvalue weighted by atomic mass is 28.5. The molecule has 0 aromatic heterocycles. The summed E-state index contributed by atoms with van der Waals surface area (Å²) in [6.45, 7) is 26.5. The molecule has 180 valence electrons. The third kappa shape index (κ3) is 15.6. The maximum Gasteiger partial charge on any atom is 0.320 e. The van der Waals surface area contributed by atoms with Gasteiger partial charge in [0.1, 0.15) is 0 Å². The maximum atomic E-state index is 10.3. The van der Waals surface area contributed by atoms with Gasteiger partial charge in [-0.25, -0.2) is 0 Å². The Kier molecular flexibility index (Phi) is 13.2. The van der Waals surface area contributed by atoms with Crippen LogP contribution in [-0.4, -0.2) is 67.0 Å². The predicted octanol–water partition coefficient (Wildman–Crippen LogP) is 3.86. The van der Waals surface area contributed by atoms with Crippen LogP contribution in [0.3, 0.4) is 0 Å². The van der Waals surface area contributed by atoms with Crippen LogP contribution in [0.25, 0.3) is 0 Å². The molecule has 0 amide bonds. The second-order valence-corrected chi connectivity index (χ2v) is 28.9. The highest BCUT2D eigenvalue weighted by Crippen LogP contribution is 2.31. The summed E-state index contributed by atoms with van der Waals surface area (Å²) in [5.41, 5.74) is 5.58. The first kappa shape index (κ1) is 30.8. The van der Waals surface area contributed by atoms with E-state index in [0.717, 1.165) is 38.0 Å². The van der Waals surface area contributed by atoms with Gasteiger partial charge in [-0.1, -0.05) is 6.42 Å². The number of nitrogens with one attached hydrogen (secondary N) is 1. The highest BCUT2D eigenvalue weighted by molar-refractivity contribution is 6.90. The topological polar surface area (TPSA) is 95.2 Å². The van der Waals surface area contributed by atoms with E-state index in [9.17, 15) is 4.80 Å². The van der Waals surface area contributed by atoms with Gasteiger partial charge in [0.05, 0.1) is 0 Å². The molecule has 7 nitrogen and oxygen atoms in total. The van der Waals surface area contributed by atoms with Gasteiger partial charge in [-0.15, -0.1) is 0 Å². The van der Waals surface area contributed by atoms with Crippen LogP contribution in [0.15, 0.2) is 0 Å². The Balaban J connectivity index is 5.58. The van der Waals surface area contributed by atoms with Crippen molar-refractivity contribution in [3.8, 4) is 0 Å². The first-order valence-electron chi connectivity index (χ1n) is 11.1. The van der Waals surface area contributed by atoms with Crippen LogP contribution in [0.2, 0.25) is 71.0 Å². The number of hydrogen-bond donors (Lipinski definition) is 3. The predicted molar refractivity (Wildman–Crippen MR) is 138 cm³/mol. The van der Waals surface area contributed by atoms with Gasteiger partial charge >= 0.3 is 34.2 Å². The molecule has 2 unspecified atom stereocenters. The third-order valence-corrected chi connectivity index (χ3v) is 21.9. The van der Waals surface area contributed by atoms with Gasteiger partial charge in [0.2, 0.25) is 0 Å². The molecule has 0 aromatic rings. The van der Waals surface area contributed by atoms with E-state index < -0.39 is 42.6 Å². The summed E-state index contributed by atoms with van der Waals surface area (Å²) in [6.07, 6.45) is 2.43. The normalized spacial score (nSPS) is 17.6. The Morgan fingerprint density at radius 1 is 0.767 bits per heavy atom. The van der Waals surface area contributed by atoms with E-state index >= 15 is 0 Å². The van der Waals surface area contributed by atoms with Crippen molar-refractivity contribution < 1.29 is 21.3 Å². The Hall–Kier alpha value is 0.804. The van der Waals surface area contributed by atoms with E-state index in [1.165, 1.54) is 0 Å². The van der Waals surface area contributed by atoms with E-state index in [1.54, 1.807) is 13.1 Å². The van der Waals surface area contributed by atoms with Crippen LogP contribution in [0.4, 0.5) is 0 Å². The van der Waals surface area contributed by atoms with Crippen molar-refractivity contribution >= 4 is 42.6 Å². The molecule has 12 heteroatoms. The van der Waals surface area contributed by atoms with E-state index in [-0.39, 0.29) is 0 Å². The second-order valence-electron chi connectivity index (χ2n) is 10.2. The van der Waals surface area contributed by atoms with Crippen LogP contribution in [0, 0.1) is 6.92 Å². The zero-order valence-electron chi connectivity index (χ0n) is 20.9. The molecule has 0 bridgehead atoms. The smallest absolute Gasteiger partial charge is 0.320 e. The molecular weight excluding hydrogens is 465 g/mol. The molecule has 0 spiro atoms. The van der Waals surface area contributed by atoms with Crippen molar-refractivity contribution in [1.29, 1.82) is 0 Å². The van der Waals surface area contributed by atoms with Crippen LogP contribution in [0.1, 0.15) is 19.3 Å². The van der Waals surface area contributed by atoms with Gasteiger partial charge in [-0.2, -0.15) is 0 Å². The van der Waals surface area contributed by atoms with Crippen molar-refractivity contribution in [2.24, 2.45) is 5.73 Å². The van der Waals surface area contributed by atoms with E-state index in [0.29, 0.717) is 13.0 Å². The van der Waals surface area contributed by atoms with Gasteiger partial charge in [-0.05, 0) is 97.3 Å². The zero-order chi connectivity index (χ0) is 23.7. The Morgan fingerprint density at radius 3 is 1.77 bits per heavy atom. The van der Waals surface area contributed by atoms with Crippen LogP contribution in [-0.2, 0) is 16.5 Å². The molecule has 0 aromatic carbocycles. The van der Waals surface area contributed by atoms with Gasteiger partial charge < -0.3 is 32.3 Å². The van der Waals surface area contributed by atoms with Crippen molar-refractivity contribution in [2.45, 2.75) is 90.3 Å². The molecule has 0 aliphatic heterocycles. The molecule has 30 heavy (non-hydrogen) atoms. The largest absolute Gasteiger partial charge is 0.437 e. The molecule has 0 aliphatic carbocycles. The summed E-state index contributed by atoms with van der Waals surface area (Å²) in [4.78, 5) is 10.3. The number of hydrogen-bond acceptors (Lipinski definition) is 7. The van der Waals surface area contributed by atoms with Crippen molar-refractivity contribution in [1.82, 2.24) is 5.32 Å². The average molecular weight is 513 g/mol. The molecule has 2 atom stereocenters. The lowest BCUT2D eigenvalue weighted by Crippen LogP contribution is -2.60. The minimum Gasteiger partial charge on any atom is -0.437 e. The minimum absolute atomic E-state index is 0.622. The molecule has 0 aliphatic rings. The molecule has 0 saturated carbocycles. The van der Waals surface area contributed by atoms with E-state index in [1.807, 2.05) is 13.1 Å². The highest BCUT2D eigenvalue weighted by Gasteiger charge is 2.48. The number of nitrogens with two attached hydrogens (primary N) is 1. The molecule has 0 saturated heterocycles. The summed E-state index contributed by atoms with van der Waals surface area (Å²) in [5, 5.41) is 3.35. The molecule has 4 N–H and O–H groups in total. The average Bonchev–Trinajstić information content (AvgIpc) is 2.47. The van der Waals surface area contributed by atoms with Crippen molar-refractivity contribution in [2.75, 3.05) is 19.6 Å². The maximum absolute atomic E-state index is 10.3. The SMILES string of the molecule is [CH]CCC[Si](C)(O[Si](C)(C)C)O[Si](C)(CCCNCCN)O[Si](C)(C)O[Si](C)(C)O. The van der Waals surface area contributed by atoms with Crippen LogP contribution >= 0.6 is 0 Å². The van der Waals surface area contributed by atoms with Crippen molar-refractivity contribution in [3.05, 3.63) is 6.92 Å². The molecule has 2 radical (unpaired) electrons. The lowest BCUT2D eigenvalue weighted by Gasteiger charge is -2.44. The lowest BCUT2D eigenvalue weighted by molar-refractivity contribution is 0.271. The fraction of sp³-hybridized carbons (Fsp3) is 0.944. The Labute approximate surface area is 191 Å². The summed E-state index contributed by atoms with van der Waals surface area (Å²) < 4.78 is 26.3. The van der Waals surface area contributed by atoms with E-state index in [2.05, 4.69) is 38.1 Å². The summed E-state index contributed by atoms with van der Waals surface area (Å²) >= 11 is 0. The quantitative estimate of drug-likeness (QED) is 0.201. The lowest BCUT2D eigenvalue weighted by atomic mass is 10.4. The molecule has 0 rings (SSSR count). The first-order chi connectivity index (χ1) is 13.4. The van der Waals surface area contributed by atoms with E-state index in [4.69, 9.17) is 29.1 Å². The monoisotopic (exact) mass is 512 g/mol. The van der Waals surface area contributed by atoms with Gasteiger partial charge in [0.15, 0.2) is 8.32 Å². The summed E-state index contributed by atoms with van der Waals surface area (Å²) in [6, 6.07) is 1.69. The summed E-state index contributed by atoms with van der Waals surface area (Å²) in [7, 11) is -12.2. The molecule has 0 fully saturated rings. The third-order valence-electron chi connectivity index (χ3n) is 4.05.